The molecule has 242 valence electrons. The number of hydrogen-bond donors (Lipinski definition) is 6. The molecule has 4 amide bonds. The van der Waals surface area contributed by atoms with Crippen LogP contribution in [0.1, 0.15) is 43.2 Å². The smallest absolute Gasteiger partial charge is 0.246 e. The van der Waals surface area contributed by atoms with E-state index in [1.54, 1.807) is 6.07 Å². The third-order valence-corrected chi connectivity index (χ3v) is 9.54. The van der Waals surface area contributed by atoms with Crippen molar-refractivity contribution in [1.82, 2.24) is 26.2 Å². The van der Waals surface area contributed by atoms with Gasteiger partial charge in [-0.05, 0) is 63.7 Å². The number of phenolic OH excluding ortho intramolecular Hbond substituents is 1. The van der Waals surface area contributed by atoms with Gasteiger partial charge in [0.2, 0.25) is 23.6 Å². The van der Waals surface area contributed by atoms with Crippen molar-refractivity contribution in [1.29, 1.82) is 0 Å². The normalized spacial score (nSPS) is 27.9. The number of ether oxygens (including phenoxy) is 3. The molecule has 5 rings (SSSR count). The Kier molecular flexibility index (Phi) is 9.63. The van der Waals surface area contributed by atoms with Crippen LogP contribution >= 0.6 is 0 Å². The number of amides is 4. The molecule has 1 unspecified atom stereocenters. The second kappa shape index (κ2) is 13.3. The summed E-state index contributed by atoms with van der Waals surface area (Å²) in [5, 5.41) is 33.7. The van der Waals surface area contributed by atoms with E-state index in [2.05, 4.69) is 26.2 Å². The Bertz CT molecular complexity index is 1280. The van der Waals surface area contributed by atoms with Gasteiger partial charge in [-0.25, -0.2) is 0 Å². The zero-order valence-corrected chi connectivity index (χ0v) is 25.3. The summed E-state index contributed by atoms with van der Waals surface area (Å²) >= 11 is 0. The van der Waals surface area contributed by atoms with Crippen LogP contribution in [0.3, 0.4) is 0 Å². The van der Waals surface area contributed by atoms with E-state index in [4.69, 9.17) is 14.2 Å². The van der Waals surface area contributed by atoms with Gasteiger partial charge in [0.05, 0.1) is 17.1 Å². The van der Waals surface area contributed by atoms with Crippen molar-refractivity contribution in [3.05, 3.63) is 23.3 Å². The van der Waals surface area contributed by atoms with Gasteiger partial charge in [-0.1, -0.05) is 6.07 Å². The van der Waals surface area contributed by atoms with E-state index in [0.717, 1.165) is 17.7 Å². The lowest BCUT2D eigenvalue weighted by atomic mass is 9.48. The average Bonchev–Trinajstić information content (AvgIpc) is 3.35. The summed E-state index contributed by atoms with van der Waals surface area (Å²) in [6.45, 7) is 0.582. The van der Waals surface area contributed by atoms with Crippen LogP contribution in [-0.4, -0.2) is 123 Å². The van der Waals surface area contributed by atoms with Crippen LogP contribution in [0.2, 0.25) is 0 Å². The van der Waals surface area contributed by atoms with Crippen molar-refractivity contribution in [3.63, 3.8) is 0 Å². The van der Waals surface area contributed by atoms with E-state index in [0.29, 0.717) is 57.4 Å². The molecule has 2 bridgehead atoms. The SMILES string of the molecule is CNC(=O)COCC(=O)NCCCCNC(=O)COCC(=O)N[C@H]1CC[C@@]2(O)C3Cc4ccc(O)c5c4[C@@]2(CCN3C)[C@H]1O5. The van der Waals surface area contributed by atoms with Gasteiger partial charge in [0.15, 0.2) is 11.5 Å². The number of benzene rings is 1. The monoisotopic (exact) mass is 617 g/mol. The fourth-order valence-corrected chi connectivity index (χ4v) is 7.50. The molecule has 2 aliphatic carbocycles. The van der Waals surface area contributed by atoms with E-state index in [1.807, 2.05) is 13.1 Å². The summed E-state index contributed by atoms with van der Waals surface area (Å²) in [6.07, 6.45) is 3.03. The molecule has 44 heavy (non-hydrogen) atoms. The first-order valence-electron chi connectivity index (χ1n) is 15.2. The first kappa shape index (κ1) is 31.9. The second-order valence-corrected chi connectivity index (χ2v) is 12.1. The van der Waals surface area contributed by atoms with Gasteiger partial charge in [0.25, 0.3) is 0 Å². The number of aliphatic hydroxyl groups is 1. The molecule has 2 heterocycles. The fourth-order valence-electron chi connectivity index (χ4n) is 7.50. The third-order valence-electron chi connectivity index (χ3n) is 9.54. The van der Waals surface area contributed by atoms with E-state index in [1.165, 1.54) is 7.05 Å². The van der Waals surface area contributed by atoms with Gasteiger partial charge in [0.1, 0.15) is 32.5 Å². The predicted molar refractivity (Wildman–Crippen MR) is 156 cm³/mol. The van der Waals surface area contributed by atoms with E-state index in [9.17, 15) is 29.4 Å². The number of likely N-dealkylation sites (N-methyl/N-ethyl adjacent to an activating group) is 2. The van der Waals surface area contributed by atoms with Crippen molar-refractivity contribution in [3.8, 4) is 11.5 Å². The number of hydrogen-bond acceptors (Lipinski definition) is 10. The molecule has 1 aromatic rings. The van der Waals surface area contributed by atoms with E-state index in [-0.39, 0.29) is 61.8 Å². The summed E-state index contributed by atoms with van der Waals surface area (Å²) in [5.74, 6) is -0.922. The summed E-state index contributed by atoms with van der Waals surface area (Å²) in [7, 11) is 3.52. The number of carbonyl (C=O) groups excluding carboxylic acids is 4. The molecule has 1 saturated carbocycles. The Morgan fingerprint density at radius 1 is 0.977 bits per heavy atom. The summed E-state index contributed by atoms with van der Waals surface area (Å²) in [4.78, 5) is 50.0. The zero-order valence-electron chi connectivity index (χ0n) is 25.3. The van der Waals surface area contributed by atoms with Gasteiger partial charge >= 0.3 is 0 Å². The van der Waals surface area contributed by atoms with Crippen LogP contribution in [0.4, 0.5) is 0 Å². The maximum absolute atomic E-state index is 12.9. The summed E-state index contributed by atoms with van der Waals surface area (Å²) in [6, 6.07) is 3.08. The van der Waals surface area contributed by atoms with E-state index < -0.39 is 23.2 Å². The highest BCUT2D eigenvalue weighted by Crippen LogP contribution is 2.65. The van der Waals surface area contributed by atoms with Crippen LogP contribution in [0.25, 0.3) is 0 Å². The minimum absolute atomic E-state index is 0.0422. The minimum atomic E-state index is -1.04. The number of phenols is 1. The van der Waals surface area contributed by atoms with Gasteiger partial charge < -0.3 is 50.6 Å². The van der Waals surface area contributed by atoms with Crippen LogP contribution in [0.15, 0.2) is 12.1 Å². The molecule has 2 aliphatic heterocycles. The third kappa shape index (κ3) is 5.95. The van der Waals surface area contributed by atoms with E-state index >= 15 is 0 Å². The number of aromatic hydroxyl groups is 1. The van der Waals surface area contributed by atoms with Crippen molar-refractivity contribution < 1.29 is 43.6 Å². The fraction of sp³-hybridized carbons (Fsp3) is 0.667. The molecule has 0 aromatic heterocycles. The molecular formula is C30H43N5O9. The molecule has 6 N–H and O–H groups in total. The molecule has 1 aromatic carbocycles. The van der Waals surface area contributed by atoms with Crippen molar-refractivity contribution in [2.75, 3.05) is 60.2 Å². The van der Waals surface area contributed by atoms with Gasteiger partial charge in [-0.15, -0.1) is 0 Å². The minimum Gasteiger partial charge on any atom is -0.504 e. The van der Waals surface area contributed by atoms with Crippen LogP contribution in [0.5, 0.6) is 11.5 Å². The van der Waals surface area contributed by atoms with Crippen molar-refractivity contribution >= 4 is 23.6 Å². The van der Waals surface area contributed by atoms with Crippen LogP contribution in [-0.2, 0) is 40.5 Å². The van der Waals surface area contributed by atoms with Crippen LogP contribution < -0.4 is 26.0 Å². The predicted octanol–water partition coefficient (Wildman–Crippen LogP) is -1.55. The maximum atomic E-state index is 12.9. The number of carbonyl (C=O) groups is 4. The highest BCUT2D eigenvalue weighted by atomic mass is 16.5. The largest absolute Gasteiger partial charge is 0.504 e. The van der Waals surface area contributed by atoms with Crippen molar-refractivity contribution in [2.24, 2.45) is 0 Å². The number of likely N-dealkylation sites (tertiary alicyclic amines) is 1. The highest BCUT2D eigenvalue weighted by Gasteiger charge is 2.72. The molecule has 0 radical (unpaired) electrons. The maximum Gasteiger partial charge on any atom is 0.246 e. The number of unbranched alkanes of at least 4 members (excludes halogenated alkanes) is 1. The lowest BCUT2D eigenvalue weighted by Crippen LogP contribution is -2.77. The molecule has 1 saturated heterocycles. The number of piperidine rings is 1. The lowest BCUT2D eigenvalue weighted by Gasteiger charge is -2.63. The summed E-state index contributed by atoms with van der Waals surface area (Å²) < 4.78 is 16.7. The zero-order chi connectivity index (χ0) is 31.5. The Morgan fingerprint density at radius 3 is 2.27 bits per heavy atom. The number of nitrogens with zero attached hydrogens (tertiary/aromatic N) is 1. The Hall–Kier alpha value is -3.46. The first-order chi connectivity index (χ1) is 21.1. The van der Waals surface area contributed by atoms with Crippen molar-refractivity contribution in [2.45, 2.75) is 67.7 Å². The van der Waals surface area contributed by atoms with Gasteiger partial charge in [-0.3, -0.25) is 19.2 Å². The Morgan fingerprint density at radius 2 is 1.61 bits per heavy atom. The molecular weight excluding hydrogens is 574 g/mol. The highest BCUT2D eigenvalue weighted by molar-refractivity contribution is 5.80. The quantitative estimate of drug-likeness (QED) is 0.134. The Labute approximate surface area is 256 Å². The molecule has 2 fully saturated rings. The topological polar surface area (TPSA) is 188 Å². The lowest BCUT2D eigenvalue weighted by molar-refractivity contribution is -0.187. The Balaban J connectivity index is 1.03. The first-order valence-corrected chi connectivity index (χ1v) is 15.2. The standard InChI is InChI=1S/C30H43N5O9/c1-31-22(37)14-42-15-23(38)32-10-3-4-11-33-24(39)16-43-17-25(40)34-19-7-8-30(41)21-13-18-5-6-20(36)27-26(18)29(30,28(19)44-27)9-12-35(21)2/h5-6,19,21,28,36,41H,3-4,7-17H2,1-2H3,(H,31,37)(H,32,38)(H,33,39)(H,34,40)/t19-,21?,28-,29-,30+/m0/s1. The molecule has 4 aliphatic rings. The molecule has 14 nitrogen and oxygen atoms in total. The second-order valence-electron chi connectivity index (χ2n) is 12.1. The average molecular weight is 618 g/mol. The van der Waals surface area contributed by atoms with Gasteiger partial charge in [0, 0.05) is 31.7 Å². The molecule has 5 atom stereocenters. The number of nitrogens with one attached hydrogen (secondary N) is 4. The molecule has 14 heteroatoms. The van der Waals surface area contributed by atoms with Crippen LogP contribution in [0, 0.1) is 0 Å². The number of rotatable bonds is 14. The van der Waals surface area contributed by atoms with Gasteiger partial charge in [-0.2, -0.15) is 0 Å². The molecule has 1 spiro atoms. The summed E-state index contributed by atoms with van der Waals surface area (Å²) in [5.41, 5.74) is 0.180.